The SMILES string of the molecule is Cc1cc(I)ccc1OC[C@H]1CCNC1. The van der Waals surface area contributed by atoms with Crippen LogP contribution in [-0.2, 0) is 0 Å². The average Bonchev–Trinajstić information content (AvgIpc) is 2.69. The fourth-order valence-corrected chi connectivity index (χ4v) is 2.49. The van der Waals surface area contributed by atoms with Crippen LogP contribution in [0.2, 0.25) is 0 Å². The van der Waals surface area contributed by atoms with Gasteiger partial charge in [-0.05, 0) is 66.2 Å². The van der Waals surface area contributed by atoms with E-state index in [2.05, 4.69) is 53.0 Å². The van der Waals surface area contributed by atoms with Crippen LogP contribution in [0.4, 0.5) is 0 Å². The summed E-state index contributed by atoms with van der Waals surface area (Å²) in [5, 5.41) is 3.35. The maximum atomic E-state index is 5.83. The molecule has 0 aliphatic carbocycles. The highest BCUT2D eigenvalue weighted by atomic mass is 127. The summed E-state index contributed by atoms with van der Waals surface area (Å²) in [6.45, 7) is 5.18. The van der Waals surface area contributed by atoms with E-state index in [1.54, 1.807) is 0 Å². The lowest BCUT2D eigenvalue weighted by molar-refractivity contribution is 0.258. The second-order valence-corrected chi connectivity index (χ2v) is 5.33. The largest absolute Gasteiger partial charge is 0.493 e. The quantitative estimate of drug-likeness (QED) is 0.865. The summed E-state index contributed by atoms with van der Waals surface area (Å²) in [7, 11) is 0. The monoisotopic (exact) mass is 317 g/mol. The standard InChI is InChI=1S/C12H16INO/c1-9-6-11(13)2-3-12(9)15-8-10-4-5-14-7-10/h2-3,6,10,14H,4-5,7-8H2,1H3/t10-/m0/s1. The lowest BCUT2D eigenvalue weighted by Gasteiger charge is -2.12. The minimum Gasteiger partial charge on any atom is -0.493 e. The first kappa shape index (κ1) is 11.2. The summed E-state index contributed by atoms with van der Waals surface area (Å²) in [5.74, 6) is 1.71. The predicted molar refractivity (Wildman–Crippen MR) is 70.4 cm³/mol. The number of hydrogen-bond acceptors (Lipinski definition) is 2. The Bertz CT molecular complexity index is 334. The Labute approximate surface area is 105 Å². The zero-order chi connectivity index (χ0) is 10.7. The van der Waals surface area contributed by atoms with Crippen LogP contribution >= 0.6 is 22.6 Å². The van der Waals surface area contributed by atoms with Crippen LogP contribution in [0.1, 0.15) is 12.0 Å². The van der Waals surface area contributed by atoms with Crippen molar-refractivity contribution in [1.29, 1.82) is 0 Å². The van der Waals surface area contributed by atoms with Crippen molar-refractivity contribution in [3.05, 3.63) is 27.3 Å². The molecule has 1 fully saturated rings. The summed E-state index contributed by atoms with van der Waals surface area (Å²) in [4.78, 5) is 0. The van der Waals surface area contributed by atoms with Gasteiger partial charge in [-0.15, -0.1) is 0 Å². The Balaban J connectivity index is 1.92. The van der Waals surface area contributed by atoms with Gasteiger partial charge in [-0.2, -0.15) is 0 Å². The van der Waals surface area contributed by atoms with Gasteiger partial charge in [-0.3, -0.25) is 0 Å². The Morgan fingerprint density at radius 1 is 1.53 bits per heavy atom. The van der Waals surface area contributed by atoms with E-state index in [9.17, 15) is 0 Å². The zero-order valence-corrected chi connectivity index (χ0v) is 11.1. The topological polar surface area (TPSA) is 21.3 Å². The van der Waals surface area contributed by atoms with Crippen molar-refractivity contribution in [2.45, 2.75) is 13.3 Å². The minimum atomic E-state index is 0.684. The summed E-state index contributed by atoms with van der Waals surface area (Å²) in [6, 6.07) is 6.32. The first-order chi connectivity index (χ1) is 7.25. The Morgan fingerprint density at radius 3 is 3.07 bits per heavy atom. The van der Waals surface area contributed by atoms with Crippen LogP contribution in [0.3, 0.4) is 0 Å². The van der Waals surface area contributed by atoms with Crippen molar-refractivity contribution in [3.63, 3.8) is 0 Å². The maximum absolute atomic E-state index is 5.83. The number of ether oxygens (including phenoxy) is 1. The van der Waals surface area contributed by atoms with Crippen molar-refractivity contribution in [1.82, 2.24) is 5.32 Å². The molecule has 0 unspecified atom stereocenters. The first-order valence-electron chi connectivity index (χ1n) is 5.35. The zero-order valence-electron chi connectivity index (χ0n) is 8.92. The third kappa shape index (κ3) is 3.08. The van der Waals surface area contributed by atoms with Crippen LogP contribution in [0.5, 0.6) is 5.75 Å². The van der Waals surface area contributed by atoms with Gasteiger partial charge in [0, 0.05) is 16.0 Å². The van der Waals surface area contributed by atoms with E-state index >= 15 is 0 Å². The molecular weight excluding hydrogens is 301 g/mol. The molecule has 2 nitrogen and oxygen atoms in total. The molecular formula is C12H16INO. The lowest BCUT2D eigenvalue weighted by Crippen LogP contribution is -2.15. The summed E-state index contributed by atoms with van der Waals surface area (Å²) in [5.41, 5.74) is 1.23. The van der Waals surface area contributed by atoms with Gasteiger partial charge < -0.3 is 10.1 Å². The summed E-state index contributed by atoms with van der Waals surface area (Å²) < 4.78 is 7.10. The van der Waals surface area contributed by atoms with Gasteiger partial charge in [0.05, 0.1) is 6.61 Å². The number of benzene rings is 1. The Morgan fingerprint density at radius 2 is 2.40 bits per heavy atom. The molecule has 1 heterocycles. The van der Waals surface area contributed by atoms with Crippen molar-refractivity contribution in [2.75, 3.05) is 19.7 Å². The van der Waals surface area contributed by atoms with Crippen LogP contribution in [0.25, 0.3) is 0 Å². The summed E-state index contributed by atoms with van der Waals surface area (Å²) in [6.07, 6.45) is 1.24. The van der Waals surface area contributed by atoms with Gasteiger partial charge in [-0.25, -0.2) is 0 Å². The Hall–Kier alpha value is -0.290. The first-order valence-corrected chi connectivity index (χ1v) is 6.43. The number of aryl methyl sites for hydroxylation is 1. The molecule has 0 aromatic heterocycles. The van der Waals surface area contributed by atoms with Gasteiger partial charge >= 0.3 is 0 Å². The molecule has 1 aromatic carbocycles. The molecule has 0 amide bonds. The van der Waals surface area contributed by atoms with Crippen molar-refractivity contribution in [3.8, 4) is 5.75 Å². The number of halogens is 1. The van der Waals surface area contributed by atoms with E-state index in [0.29, 0.717) is 5.92 Å². The number of rotatable bonds is 3. The molecule has 0 radical (unpaired) electrons. The minimum absolute atomic E-state index is 0.684. The van der Waals surface area contributed by atoms with E-state index in [-0.39, 0.29) is 0 Å². The molecule has 0 saturated carbocycles. The highest BCUT2D eigenvalue weighted by Gasteiger charge is 2.15. The molecule has 3 heteroatoms. The van der Waals surface area contributed by atoms with Gasteiger partial charge in [0.2, 0.25) is 0 Å². The molecule has 1 atom stereocenters. The van der Waals surface area contributed by atoms with Gasteiger partial charge in [-0.1, -0.05) is 0 Å². The van der Waals surface area contributed by atoms with Crippen LogP contribution < -0.4 is 10.1 Å². The molecule has 1 N–H and O–H groups in total. The van der Waals surface area contributed by atoms with Gasteiger partial charge in [0.15, 0.2) is 0 Å². The third-order valence-corrected chi connectivity index (χ3v) is 3.44. The van der Waals surface area contributed by atoms with Crippen LogP contribution in [-0.4, -0.2) is 19.7 Å². The van der Waals surface area contributed by atoms with Crippen molar-refractivity contribution < 1.29 is 4.74 Å². The molecule has 0 bridgehead atoms. The second kappa shape index (κ2) is 5.16. The third-order valence-electron chi connectivity index (χ3n) is 2.77. The summed E-state index contributed by atoms with van der Waals surface area (Å²) >= 11 is 2.32. The molecule has 2 rings (SSSR count). The van der Waals surface area contributed by atoms with E-state index in [1.165, 1.54) is 15.6 Å². The molecule has 1 saturated heterocycles. The molecule has 0 spiro atoms. The highest BCUT2D eigenvalue weighted by Crippen LogP contribution is 2.21. The van der Waals surface area contributed by atoms with E-state index in [0.717, 1.165) is 25.4 Å². The molecule has 15 heavy (non-hydrogen) atoms. The van der Waals surface area contributed by atoms with Crippen molar-refractivity contribution in [2.24, 2.45) is 5.92 Å². The molecule has 1 aromatic rings. The maximum Gasteiger partial charge on any atom is 0.122 e. The fourth-order valence-electron chi connectivity index (χ4n) is 1.84. The molecule has 1 aliphatic rings. The second-order valence-electron chi connectivity index (χ2n) is 4.08. The lowest BCUT2D eigenvalue weighted by atomic mass is 10.1. The Kier molecular flexibility index (Phi) is 3.86. The average molecular weight is 317 g/mol. The van der Waals surface area contributed by atoms with Crippen molar-refractivity contribution >= 4 is 22.6 Å². The number of nitrogens with one attached hydrogen (secondary N) is 1. The van der Waals surface area contributed by atoms with Gasteiger partial charge in [0.1, 0.15) is 5.75 Å². The molecule has 82 valence electrons. The van der Waals surface area contributed by atoms with E-state index in [4.69, 9.17) is 4.74 Å². The van der Waals surface area contributed by atoms with Gasteiger partial charge in [0.25, 0.3) is 0 Å². The molecule has 1 aliphatic heterocycles. The van der Waals surface area contributed by atoms with Crippen LogP contribution in [0.15, 0.2) is 18.2 Å². The highest BCUT2D eigenvalue weighted by molar-refractivity contribution is 14.1. The van der Waals surface area contributed by atoms with E-state index in [1.807, 2.05) is 0 Å². The normalized spacial score (nSPS) is 20.5. The van der Waals surface area contributed by atoms with Crippen LogP contribution in [0, 0.1) is 16.4 Å². The number of hydrogen-bond donors (Lipinski definition) is 1. The predicted octanol–water partition coefficient (Wildman–Crippen LogP) is 2.59. The van der Waals surface area contributed by atoms with E-state index < -0.39 is 0 Å². The smallest absolute Gasteiger partial charge is 0.122 e. The fraction of sp³-hybridized carbons (Fsp3) is 0.500.